The van der Waals surface area contributed by atoms with Crippen LogP contribution in [0.25, 0.3) is 11.4 Å². The van der Waals surface area contributed by atoms with Gasteiger partial charge < -0.3 is 9.47 Å². The zero-order valence-electron chi connectivity index (χ0n) is 16.4. The van der Waals surface area contributed by atoms with Gasteiger partial charge in [-0.25, -0.2) is 9.67 Å². The second kappa shape index (κ2) is 8.40. The number of carbonyl (C=O) groups excluding carboxylic acids is 1. The topological polar surface area (TPSA) is 76.3 Å². The van der Waals surface area contributed by atoms with Crippen molar-refractivity contribution in [2.24, 2.45) is 7.05 Å². The number of benzene rings is 1. The summed E-state index contributed by atoms with van der Waals surface area (Å²) in [5, 5.41) is 4.06. The summed E-state index contributed by atoms with van der Waals surface area (Å²) in [4.78, 5) is 32.7. The van der Waals surface area contributed by atoms with Crippen LogP contribution in [0.3, 0.4) is 0 Å². The lowest BCUT2D eigenvalue weighted by molar-refractivity contribution is 0.0625. The minimum absolute atomic E-state index is 0.124. The first-order valence-corrected chi connectivity index (χ1v) is 9.74. The van der Waals surface area contributed by atoms with Gasteiger partial charge in [-0.05, 0) is 6.07 Å². The molecule has 29 heavy (non-hydrogen) atoms. The summed E-state index contributed by atoms with van der Waals surface area (Å²) in [6.45, 7) is 4.67. The highest BCUT2D eigenvalue weighted by atomic mass is 16.2. The zero-order valence-corrected chi connectivity index (χ0v) is 16.4. The lowest BCUT2D eigenvalue weighted by Gasteiger charge is -2.34. The quantitative estimate of drug-likeness (QED) is 0.650. The molecule has 0 saturated carbocycles. The molecular weight excluding hydrogens is 368 g/mol. The average molecular weight is 392 g/mol. The molecule has 1 amide bonds. The van der Waals surface area contributed by atoms with Crippen LogP contribution >= 0.6 is 0 Å². The van der Waals surface area contributed by atoms with Crippen LogP contribution in [0.2, 0.25) is 0 Å². The van der Waals surface area contributed by atoms with Crippen LogP contribution in [-0.2, 0) is 13.6 Å². The number of amides is 1. The second-order valence-corrected chi connectivity index (χ2v) is 7.12. The van der Waals surface area contributed by atoms with E-state index in [1.807, 2.05) is 30.6 Å². The van der Waals surface area contributed by atoms with Crippen LogP contribution in [0, 0.1) is 0 Å². The summed E-state index contributed by atoms with van der Waals surface area (Å²) in [6.07, 6.45) is 3.84. The molecule has 8 heteroatoms. The van der Waals surface area contributed by atoms with E-state index in [1.165, 1.54) is 16.8 Å². The van der Waals surface area contributed by atoms with Gasteiger partial charge in [0.25, 0.3) is 11.5 Å². The fraction of sp³-hybridized carbons (Fsp3) is 0.333. The Morgan fingerprint density at radius 2 is 1.76 bits per heavy atom. The third-order valence-electron chi connectivity index (χ3n) is 5.24. The lowest BCUT2D eigenvalue weighted by atomic mass is 10.2. The SMILES string of the molecule is Cn1nc(C(=O)N2CCN(CCn3ccnc3-c3ccccc3)CC2)ccc1=O. The van der Waals surface area contributed by atoms with Crippen molar-refractivity contribution in [2.45, 2.75) is 6.54 Å². The highest BCUT2D eigenvalue weighted by Crippen LogP contribution is 2.17. The van der Waals surface area contributed by atoms with Gasteiger partial charge in [-0.2, -0.15) is 5.10 Å². The number of imidazole rings is 1. The van der Waals surface area contributed by atoms with Crippen molar-refractivity contribution in [3.63, 3.8) is 0 Å². The molecule has 1 fully saturated rings. The molecule has 0 radical (unpaired) electrons. The third-order valence-corrected chi connectivity index (χ3v) is 5.24. The number of carbonyl (C=O) groups is 1. The largest absolute Gasteiger partial charge is 0.335 e. The number of nitrogens with zero attached hydrogens (tertiary/aromatic N) is 6. The highest BCUT2D eigenvalue weighted by molar-refractivity contribution is 5.92. The van der Waals surface area contributed by atoms with Gasteiger partial charge in [-0.3, -0.25) is 14.5 Å². The van der Waals surface area contributed by atoms with Gasteiger partial charge in [0, 0.05) is 70.3 Å². The van der Waals surface area contributed by atoms with E-state index in [1.54, 1.807) is 11.9 Å². The molecule has 8 nitrogen and oxygen atoms in total. The summed E-state index contributed by atoms with van der Waals surface area (Å²) in [5.41, 5.74) is 1.20. The summed E-state index contributed by atoms with van der Waals surface area (Å²) < 4.78 is 3.36. The van der Waals surface area contributed by atoms with E-state index in [9.17, 15) is 9.59 Å². The number of piperazine rings is 1. The van der Waals surface area contributed by atoms with E-state index in [0.29, 0.717) is 18.8 Å². The Balaban J connectivity index is 1.32. The molecule has 0 spiro atoms. The van der Waals surface area contributed by atoms with Crippen LogP contribution in [0.15, 0.2) is 59.7 Å². The van der Waals surface area contributed by atoms with Crippen molar-refractivity contribution < 1.29 is 4.79 Å². The van der Waals surface area contributed by atoms with E-state index < -0.39 is 0 Å². The van der Waals surface area contributed by atoms with E-state index in [4.69, 9.17) is 0 Å². The van der Waals surface area contributed by atoms with Gasteiger partial charge in [0.1, 0.15) is 11.5 Å². The molecule has 3 heterocycles. The van der Waals surface area contributed by atoms with Crippen molar-refractivity contribution in [3.05, 3.63) is 70.9 Å². The van der Waals surface area contributed by atoms with Crippen LogP contribution in [-0.4, -0.2) is 67.8 Å². The van der Waals surface area contributed by atoms with Gasteiger partial charge in [0.05, 0.1) is 0 Å². The van der Waals surface area contributed by atoms with E-state index in [-0.39, 0.29) is 11.5 Å². The van der Waals surface area contributed by atoms with Gasteiger partial charge >= 0.3 is 0 Å². The molecule has 1 aliphatic rings. The van der Waals surface area contributed by atoms with Gasteiger partial charge in [0.15, 0.2) is 0 Å². The Bertz CT molecular complexity index is 1030. The van der Waals surface area contributed by atoms with Crippen molar-refractivity contribution in [1.82, 2.24) is 29.1 Å². The van der Waals surface area contributed by atoms with Crippen LogP contribution in [0.1, 0.15) is 10.5 Å². The maximum absolute atomic E-state index is 12.6. The predicted octanol–water partition coefficient (Wildman–Crippen LogP) is 1.10. The molecule has 3 aromatic rings. The normalized spacial score (nSPS) is 14.9. The van der Waals surface area contributed by atoms with Crippen LogP contribution in [0.4, 0.5) is 0 Å². The molecule has 1 aromatic carbocycles. The van der Waals surface area contributed by atoms with Gasteiger partial charge in [0.2, 0.25) is 0 Å². The smallest absolute Gasteiger partial charge is 0.274 e. The molecule has 150 valence electrons. The minimum Gasteiger partial charge on any atom is -0.335 e. The molecule has 0 N–H and O–H groups in total. The molecule has 0 unspecified atom stereocenters. The summed E-state index contributed by atoms with van der Waals surface area (Å²) >= 11 is 0. The summed E-state index contributed by atoms with van der Waals surface area (Å²) in [6, 6.07) is 13.1. The maximum Gasteiger partial charge on any atom is 0.274 e. The molecule has 1 saturated heterocycles. The summed E-state index contributed by atoms with van der Waals surface area (Å²) in [7, 11) is 1.55. The first kappa shape index (κ1) is 19.1. The third kappa shape index (κ3) is 4.27. The first-order chi connectivity index (χ1) is 14.1. The standard InChI is InChI=1S/C21H24N6O2/c1-24-19(28)8-7-18(23-24)21(29)27-15-12-25(13-16-27)11-14-26-10-9-22-20(26)17-5-3-2-4-6-17/h2-10H,11-16H2,1H3. The minimum atomic E-state index is -0.222. The average Bonchev–Trinajstić information content (AvgIpc) is 3.23. The fourth-order valence-corrected chi connectivity index (χ4v) is 3.54. The number of rotatable bonds is 5. The number of hydrogen-bond donors (Lipinski definition) is 0. The fourth-order valence-electron chi connectivity index (χ4n) is 3.54. The Morgan fingerprint density at radius 1 is 1.00 bits per heavy atom. The first-order valence-electron chi connectivity index (χ1n) is 9.74. The van der Waals surface area contributed by atoms with Crippen molar-refractivity contribution in [3.8, 4) is 11.4 Å². The Hall–Kier alpha value is -3.26. The van der Waals surface area contributed by atoms with Crippen molar-refractivity contribution in [2.75, 3.05) is 32.7 Å². The number of hydrogen-bond acceptors (Lipinski definition) is 5. The lowest BCUT2D eigenvalue weighted by Crippen LogP contribution is -2.49. The van der Waals surface area contributed by atoms with E-state index in [2.05, 4.69) is 31.7 Å². The molecular formula is C21H24N6O2. The molecule has 0 bridgehead atoms. The van der Waals surface area contributed by atoms with Gasteiger partial charge in [-0.1, -0.05) is 30.3 Å². The molecule has 0 atom stereocenters. The van der Waals surface area contributed by atoms with E-state index >= 15 is 0 Å². The summed E-state index contributed by atoms with van der Waals surface area (Å²) in [5.74, 6) is 0.849. The van der Waals surface area contributed by atoms with Gasteiger partial charge in [-0.15, -0.1) is 0 Å². The molecule has 0 aliphatic carbocycles. The van der Waals surface area contributed by atoms with Crippen molar-refractivity contribution in [1.29, 1.82) is 0 Å². The monoisotopic (exact) mass is 392 g/mol. The Labute approximate surface area is 169 Å². The van der Waals surface area contributed by atoms with Crippen molar-refractivity contribution >= 4 is 5.91 Å². The zero-order chi connectivity index (χ0) is 20.2. The molecule has 2 aromatic heterocycles. The molecule has 1 aliphatic heterocycles. The number of aryl methyl sites for hydroxylation is 1. The maximum atomic E-state index is 12.6. The van der Waals surface area contributed by atoms with Crippen LogP contribution in [0.5, 0.6) is 0 Å². The van der Waals surface area contributed by atoms with E-state index in [0.717, 1.165) is 37.6 Å². The van der Waals surface area contributed by atoms with Crippen LogP contribution < -0.4 is 5.56 Å². The number of aromatic nitrogens is 4. The Kier molecular flexibility index (Phi) is 5.53. The predicted molar refractivity (Wildman–Crippen MR) is 109 cm³/mol. The Morgan fingerprint density at radius 3 is 2.48 bits per heavy atom. The molecule has 4 rings (SSSR count). The second-order valence-electron chi connectivity index (χ2n) is 7.12. The highest BCUT2D eigenvalue weighted by Gasteiger charge is 2.23.